The van der Waals surface area contributed by atoms with Gasteiger partial charge in [0.2, 0.25) is 0 Å². The van der Waals surface area contributed by atoms with Crippen LogP contribution in [0.4, 0.5) is 0 Å². The fraction of sp³-hybridized carbons (Fsp3) is 1.00. The SMILES string of the molecule is CC1CC(C)CN(CCNC2CCCCCC2)C1. The summed E-state index contributed by atoms with van der Waals surface area (Å²) in [6, 6.07) is 0.812. The summed E-state index contributed by atoms with van der Waals surface area (Å²) in [6.45, 7) is 9.89. The molecule has 0 radical (unpaired) electrons. The summed E-state index contributed by atoms with van der Waals surface area (Å²) in [4.78, 5) is 2.67. The first-order valence-corrected chi connectivity index (χ1v) is 8.20. The van der Waals surface area contributed by atoms with E-state index in [1.165, 1.54) is 71.1 Å². The molecule has 2 nitrogen and oxygen atoms in total. The molecule has 2 rings (SSSR count). The summed E-state index contributed by atoms with van der Waals surface area (Å²) in [5, 5.41) is 3.80. The van der Waals surface area contributed by atoms with Crippen LogP contribution in [0.15, 0.2) is 0 Å². The van der Waals surface area contributed by atoms with Gasteiger partial charge in [-0.05, 0) is 31.1 Å². The predicted octanol–water partition coefficient (Wildman–Crippen LogP) is 3.28. The Morgan fingerprint density at radius 1 is 0.944 bits per heavy atom. The van der Waals surface area contributed by atoms with Gasteiger partial charge in [-0.15, -0.1) is 0 Å². The van der Waals surface area contributed by atoms with Crippen molar-refractivity contribution in [3.8, 4) is 0 Å². The van der Waals surface area contributed by atoms with Crippen molar-refractivity contribution >= 4 is 0 Å². The number of hydrogen-bond acceptors (Lipinski definition) is 2. The number of likely N-dealkylation sites (tertiary alicyclic amines) is 1. The first kappa shape index (κ1) is 14.3. The predicted molar refractivity (Wildman–Crippen MR) is 78.9 cm³/mol. The molecule has 0 amide bonds. The molecular formula is C16H32N2. The van der Waals surface area contributed by atoms with Gasteiger partial charge >= 0.3 is 0 Å². The lowest BCUT2D eigenvalue weighted by Crippen LogP contribution is -2.43. The number of hydrogen-bond donors (Lipinski definition) is 1. The molecule has 2 atom stereocenters. The van der Waals surface area contributed by atoms with Crippen LogP contribution in [0.1, 0.15) is 58.8 Å². The van der Waals surface area contributed by atoms with E-state index in [1.807, 2.05) is 0 Å². The number of nitrogens with one attached hydrogen (secondary N) is 1. The third kappa shape index (κ3) is 4.89. The van der Waals surface area contributed by atoms with Crippen LogP contribution in [-0.2, 0) is 0 Å². The maximum absolute atomic E-state index is 3.80. The molecule has 2 unspecified atom stereocenters. The Kier molecular flexibility index (Phi) is 5.97. The summed E-state index contributed by atoms with van der Waals surface area (Å²) >= 11 is 0. The summed E-state index contributed by atoms with van der Waals surface area (Å²) in [6.07, 6.45) is 10.0. The number of rotatable bonds is 4. The number of nitrogens with zero attached hydrogens (tertiary/aromatic N) is 1. The van der Waals surface area contributed by atoms with Crippen molar-refractivity contribution in [3.05, 3.63) is 0 Å². The van der Waals surface area contributed by atoms with E-state index in [2.05, 4.69) is 24.1 Å². The maximum Gasteiger partial charge on any atom is 0.0107 e. The van der Waals surface area contributed by atoms with E-state index >= 15 is 0 Å². The Labute approximate surface area is 114 Å². The second-order valence-corrected chi connectivity index (χ2v) is 6.85. The molecule has 0 aromatic heterocycles. The van der Waals surface area contributed by atoms with Crippen molar-refractivity contribution < 1.29 is 0 Å². The molecule has 0 spiro atoms. The lowest BCUT2D eigenvalue weighted by molar-refractivity contribution is 0.140. The number of piperidine rings is 1. The molecule has 0 aromatic rings. The zero-order chi connectivity index (χ0) is 12.8. The van der Waals surface area contributed by atoms with E-state index in [9.17, 15) is 0 Å². The molecule has 1 N–H and O–H groups in total. The lowest BCUT2D eigenvalue weighted by atomic mass is 9.92. The maximum atomic E-state index is 3.80. The van der Waals surface area contributed by atoms with Crippen LogP contribution in [0.5, 0.6) is 0 Å². The third-order valence-electron chi connectivity index (χ3n) is 4.66. The summed E-state index contributed by atoms with van der Waals surface area (Å²) in [5.74, 6) is 1.79. The highest BCUT2D eigenvalue weighted by Gasteiger charge is 2.21. The van der Waals surface area contributed by atoms with Crippen LogP contribution < -0.4 is 5.32 Å². The first-order valence-electron chi connectivity index (χ1n) is 8.20. The van der Waals surface area contributed by atoms with Gasteiger partial charge < -0.3 is 10.2 Å². The van der Waals surface area contributed by atoms with E-state index < -0.39 is 0 Å². The zero-order valence-corrected chi connectivity index (χ0v) is 12.5. The van der Waals surface area contributed by atoms with Crippen molar-refractivity contribution in [2.75, 3.05) is 26.2 Å². The van der Waals surface area contributed by atoms with Crippen molar-refractivity contribution in [1.82, 2.24) is 10.2 Å². The van der Waals surface area contributed by atoms with E-state index in [4.69, 9.17) is 0 Å². The molecule has 106 valence electrons. The van der Waals surface area contributed by atoms with E-state index in [0.29, 0.717) is 0 Å². The molecule has 1 saturated carbocycles. The van der Waals surface area contributed by atoms with Gasteiger partial charge in [-0.3, -0.25) is 0 Å². The highest BCUT2D eigenvalue weighted by Crippen LogP contribution is 2.20. The summed E-state index contributed by atoms with van der Waals surface area (Å²) < 4.78 is 0. The molecule has 1 saturated heterocycles. The molecule has 1 aliphatic carbocycles. The molecule has 2 fully saturated rings. The van der Waals surface area contributed by atoms with Crippen molar-refractivity contribution in [2.24, 2.45) is 11.8 Å². The minimum Gasteiger partial charge on any atom is -0.313 e. The molecule has 1 aliphatic heterocycles. The minimum atomic E-state index is 0.812. The first-order chi connectivity index (χ1) is 8.74. The Bertz CT molecular complexity index is 211. The van der Waals surface area contributed by atoms with Gasteiger partial charge in [0.1, 0.15) is 0 Å². The highest BCUT2D eigenvalue weighted by molar-refractivity contribution is 4.76. The van der Waals surface area contributed by atoms with Gasteiger partial charge in [0.25, 0.3) is 0 Å². The van der Waals surface area contributed by atoms with Crippen LogP contribution in [0, 0.1) is 11.8 Å². The second kappa shape index (κ2) is 7.49. The molecule has 2 aliphatic rings. The Morgan fingerprint density at radius 3 is 2.17 bits per heavy atom. The van der Waals surface area contributed by atoms with Gasteiger partial charge in [0.15, 0.2) is 0 Å². The molecule has 0 bridgehead atoms. The van der Waals surface area contributed by atoms with Crippen LogP contribution in [0.2, 0.25) is 0 Å². The highest BCUT2D eigenvalue weighted by atomic mass is 15.1. The van der Waals surface area contributed by atoms with E-state index in [-0.39, 0.29) is 0 Å². The summed E-state index contributed by atoms with van der Waals surface area (Å²) in [7, 11) is 0. The van der Waals surface area contributed by atoms with E-state index in [1.54, 1.807) is 0 Å². The van der Waals surface area contributed by atoms with Gasteiger partial charge in [-0.25, -0.2) is 0 Å². The smallest absolute Gasteiger partial charge is 0.0107 e. The Balaban J connectivity index is 1.62. The Hall–Kier alpha value is -0.0800. The van der Waals surface area contributed by atoms with Crippen LogP contribution >= 0.6 is 0 Å². The van der Waals surface area contributed by atoms with Gasteiger partial charge in [0.05, 0.1) is 0 Å². The molecule has 18 heavy (non-hydrogen) atoms. The fourth-order valence-electron chi connectivity index (χ4n) is 3.88. The topological polar surface area (TPSA) is 15.3 Å². The standard InChI is InChI=1S/C16H32N2/c1-14-11-15(2)13-18(12-14)10-9-17-16-7-5-3-4-6-8-16/h14-17H,3-13H2,1-2H3. The van der Waals surface area contributed by atoms with Crippen LogP contribution in [0.3, 0.4) is 0 Å². The molecule has 2 heteroatoms. The molecule has 1 heterocycles. The quantitative estimate of drug-likeness (QED) is 0.773. The van der Waals surface area contributed by atoms with Crippen molar-refractivity contribution in [2.45, 2.75) is 64.8 Å². The largest absolute Gasteiger partial charge is 0.313 e. The Morgan fingerprint density at radius 2 is 1.56 bits per heavy atom. The average Bonchev–Trinajstić information content (AvgIpc) is 2.56. The average molecular weight is 252 g/mol. The monoisotopic (exact) mass is 252 g/mol. The van der Waals surface area contributed by atoms with Crippen molar-refractivity contribution in [3.63, 3.8) is 0 Å². The molecule has 0 aromatic carbocycles. The summed E-state index contributed by atoms with van der Waals surface area (Å²) in [5.41, 5.74) is 0. The van der Waals surface area contributed by atoms with Crippen LogP contribution in [-0.4, -0.2) is 37.1 Å². The van der Waals surface area contributed by atoms with Crippen LogP contribution in [0.25, 0.3) is 0 Å². The molecular weight excluding hydrogens is 220 g/mol. The van der Waals surface area contributed by atoms with E-state index in [0.717, 1.165) is 17.9 Å². The fourth-order valence-corrected chi connectivity index (χ4v) is 3.88. The van der Waals surface area contributed by atoms with Gasteiger partial charge in [-0.1, -0.05) is 39.5 Å². The normalized spacial score (nSPS) is 32.3. The van der Waals surface area contributed by atoms with Crippen molar-refractivity contribution in [1.29, 1.82) is 0 Å². The second-order valence-electron chi connectivity index (χ2n) is 6.85. The lowest BCUT2D eigenvalue weighted by Gasteiger charge is -2.35. The third-order valence-corrected chi connectivity index (χ3v) is 4.66. The zero-order valence-electron chi connectivity index (χ0n) is 12.5. The van der Waals surface area contributed by atoms with Gasteiger partial charge in [0, 0.05) is 32.2 Å². The minimum absolute atomic E-state index is 0.812. The van der Waals surface area contributed by atoms with Gasteiger partial charge in [-0.2, -0.15) is 0 Å².